The molecule has 0 aliphatic heterocycles. The molecule has 20 heavy (non-hydrogen) atoms. The van der Waals surface area contributed by atoms with E-state index in [2.05, 4.69) is 10.4 Å². The van der Waals surface area contributed by atoms with E-state index in [9.17, 15) is 10.1 Å². The molecule has 0 aliphatic carbocycles. The minimum Gasteiger partial charge on any atom is -0.306 e. The molecule has 0 amide bonds. The summed E-state index contributed by atoms with van der Waals surface area (Å²) in [5.74, 6) is 0. The SMILES string of the molecule is Cc1nn(C)cc1CNC(C)c1ccc([N+](=O)[O-])cc1. The summed E-state index contributed by atoms with van der Waals surface area (Å²) in [6.45, 7) is 4.73. The van der Waals surface area contributed by atoms with Crippen molar-refractivity contribution in [3.63, 3.8) is 0 Å². The summed E-state index contributed by atoms with van der Waals surface area (Å²) in [6, 6.07) is 6.75. The highest BCUT2D eigenvalue weighted by Crippen LogP contribution is 2.18. The predicted molar refractivity (Wildman–Crippen MR) is 76.3 cm³/mol. The zero-order valence-corrected chi connectivity index (χ0v) is 11.8. The Morgan fingerprint density at radius 3 is 2.55 bits per heavy atom. The maximum absolute atomic E-state index is 10.6. The Bertz CT molecular complexity index is 604. The molecule has 1 unspecified atom stereocenters. The van der Waals surface area contributed by atoms with Gasteiger partial charge in [0.25, 0.3) is 5.69 Å². The molecule has 0 radical (unpaired) electrons. The van der Waals surface area contributed by atoms with E-state index in [-0.39, 0.29) is 16.7 Å². The minimum atomic E-state index is -0.388. The van der Waals surface area contributed by atoms with Crippen LogP contribution in [-0.2, 0) is 13.6 Å². The highest BCUT2D eigenvalue weighted by Gasteiger charge is 2.10. The zero-order chi connectivity index (χ0) is 14.7. The lowest BCUT2D eigenvalue weighted by Crippen LogP contribution is -2.18. The Morgan fingerprint density at radius 1 is 1.40 bits per heavy atom. The average molecular weight is 274 g/mol. The molecule has 0 fully saturated rings. The van der Waals surface area contributed by atoms with E-state index < -0.39 is 0 Å². The molecule has 6 nitrogen and oxygen atoms in total. The van der Waals surface area contributed by atoms with E-state index in [1.165, 1.54) is 12.1 Å². The number of nitrogens with one attached hydrogen (secondary N) is 1. The van der Waals surface area contributed by atoms with Crippen molar-refractivity contribution in [3.05, 3.63) is 57.4 Å². The first-order chi connectivity index (χ1) is 9.47. The topological polar surface area (TPSA) is 73.0 Å². The number of nitro benzene ring substituents is 1. The number of nitro groups is 1. The summed E-state index contributed by atoms with van der Waals surface area (Å²) < 4.78 is 1.79. The first-order valence-corrected chi connectivity index (χ1v) is 6.44. The third kappa shape index (κ3) is 3.21. The second-order valence-electron chi connectivity index (χ2n) is 4.86. The van der Waals surface area contributed by atoms with Gasteiger partial charge in [-0.25, -0.2) is 0 Å². The lowest BCUT2D eigenvalue weighted by molar-refractivity contribution is -0.384. The third-order valence-electron chi connectivity index (χ3n) is 3.32. The number of hydrogen-bond acceptors (Lipinski definition) is 4. The van der Waals surface area contributed by atoms with Gasteiger partial charge in [-0.1, -0.05) is 12.1 Å². The van der Waals surface area contributed by atoms with Crippen molar-refractivity contribution in [2.24, 2.45) is 7.05 Å². The fraction of sp³-hybridized carbons (Fsp3) is 0.357. The van der Waals surface area contributed by atoms with Crippen LogP contribution in [0.25, 0.3) is 0 Å². The van der Waals surface area contributed by atoms with Crippen molar-refractivity contribution < 1.29 is 4.92 Å². The molecule has 0 saturated carbocycles. The van der Waals surface area contributed by atoms with Crippen LogP contribution in [0, 0.1) is 17.0 Å². The van der Waals surface area contributed by atoms with Gasteiger partial charge < -0.3 is 5.32 Å². The van der Waals surface area contributed by atoms with Crippen molar-refractivity contribution in [1.82, 2.24) is 15.1 Å². The Hall–Kier alpha value is -2.21. The van der Waals surface area contributed by atoms with E-state index >= 15 is 0 Å². The van der Waals surface area contributed by atoms with Crippen LogP contribution in [-0.4, -0.2) is 14.7 Å². The van der Waals surface area contributed by atoms with Crippen LogP contribution >= 0.6 is 0 Å². The lowest BCUT2D eigenvalue weighted by Gasteiger charge is -2.13. The summed E-state index contributed by atoms with van der Waals surface area (Å²) >= 11 is 0. The van der Waals surface area contributed by atoms with Crippen LogP contribution in [0.2, 0.25) is 0 Å². The van der Waals surface area contributed by atoms with E-state index in [0.29, 0.717) is 0 Å². The van der Waals surface area contributed by atoms with Crippen LogP contribution < -0.4 is 5.32 Å². The highest BCUT2D eigenvalue weighted by atomic mass is 16.6. The molecule has 0 saturated heterocycles. The molecule has 0 spiro atoms. The van der Waals surface area contributed by atoms with Crippen LogP contribution in [0.1, 0.15) is 29.8 Å². The molecule has 6 heteroatoms. The van der Waals surface area contributed by atoms with Gasteiger partial charge in [-0.05, 0) is 19.4 Å². The smallest absolute Gasteiger partial charge is 0.269 e. The van der Waals surface area contributed by atoms with E-state index in [4.69, 9.17) is 0 Å². The molecule has 0 aliphatic rings. The molecular formula is C14H18N4O2. The van der Waals surface area contributed by atoms with Crippen molar-refractivity contribution in [2.45, 2.75) is 26.4 Å². The zero-order valence-electron chi connectivity index (χ0n) is 11.8. The Labute approximate surface area is 117 Å². The van der Waals surface area contributed by atoms with E-state index in [1.807, 2.05) is 27.1 Å². The summed E-state index contributed by atoms with van der Waals surface area (Å²) in [5.41, 5.74) is 3.30. The first-order valence-electron chi connectivity index (χ1n) is 6.44. The van der Waals surface area contributed by atoms with Crippen molar-refractivity contribution in [3.8, 4) is 0 Å². The number of aryl methyl sites for hydroxylation is 2. The van der Waals surface area contributed by atoms with Gasteiger partial charge in [-0.2, -0.15) is 5.10 Å². The van der Waals surface area contributed by atoms with Gasteiger partial charge in [0, 0.05) is 43.5 Å². The molecule has 106 valence electrons. The fourth-order valence-corrected chi connectivity index (χ4v) is 2.09. The number of aromatic nitrogens is 2. The van der Waals surface area contributed by atoms with Crippen LogP contribution in [0.15, 0.2) is 30.5 Å². The van der Waals surface area contributed by atoms with Gasteiger partial charge in [0.05, 0.1) is 10.6 Å². The fourth-order valence-electron chi connectivity index (χ4n) is 2.09. The number of hydrogen-bond donors (Lipinski definition) is 1. The lowest BCUT2D eigenvalue weighted by atomic mass is 10.1. The normalized spacial score (nSPS) is 12.3. The van der Waals surface area contributed by atoms with E-state index in [1.54, 1.807) is 16.8 Å². The molecule has 1 aromatic heterocycles. The number of non-ortho nitro benzene ring substituents is 1. The highest BCUT2D eigenvalue weighted by molar-refractivity contribution is 5.34. The van der Waals surface area contributed by atoms with Gasteiger partial charge in [-0.3, -0.25) is 14.8 Å². The number of rotatable bonds is 5. The maximum atomic E-state index is 10.6. The number of benzene rings is 1. The van der Waals surface area contributed by atoms with Gasteiger partial charge >= 0.3 is 0 Å². The number of nitrogens with zero attached hydrogens (tertiary/aromatic N) is 3. The quantitative estimate of drug-likeness (QED) is 0.671. The largest absolute Gasteiger partial charge is 0.306 e. The van der Waals surface area contributed by atoms with Crippen LogP contribution in [0.3, 0.4) is 0 Å². The third-order valence-corrected chi connectivity index (χ3v) is 3.32. The standard InChI is InChI=1S/C14H18N4O2/c1-10(12-4-6-14(7-5-12)18(19)20)15-8-13-9-17(3)16-11(13)2/h4-7,9-10,15H,8H2,1-3H3. The summed E-state index contributed by atoms with van der Waals surface area (Å²) in [7, 11) is 1.90. The molecule has 1 atom stereocenters. The molecule has 2 rings (SSSR count). The summed E-state index contributed by atoms with van der Waals surface area (Å²) in [5, 5.41) is 18.3. The van der Waals surface area contributed by atoms with Gasteiger partial charge in [-0.15, -0.1) is 0 Å². The predicted octanol–water partition coefficient (Wildman–Crippen LogP) is 2.49. The van der Waals surface area contributed by atoms with Crippen LogP contribution in [0.5, 0.6) is 0 Å². The van der Waals surface area contributed by atoms with E-state index in [0.717, 1.165) is 23.4 Å². The first kappa shape index (κ1) is 14.2. The van der Waals surface area contributed by atoms with Crippen LogP contribution in [0.4, 0.5) is 5.69 Å². The van der Waals surface area contributed by atoms with Gasteiger partial charge in [0.15, 0.2) is 0 Å². The maximum Gasteiger partial charge on any atom is 0.269 e. The summed E-state index contributed by atoms with van der Waals surface area (Å²) in [4.78, 5) is 10.2. The van der Waals surface area contributed by atoms with Crippen molar-refractivity contribution >= 4 is 5.69 Å². The van der Waals surface area contributed by atoms with Crippen molar-refractivity contribution in [1.29, 1.82) is 0 Å². The Morgan fingerprint density at radius 2 is 2.05 bits per heavy atom. The second kappa shape index (κ2) is 5.83. The van der Waals surface area contributed by atoms with Crippen molar-refractivity contribution in [2.75, 3.05) is 0 Å². The minimum absolute atomic E-state index is 0.115. The Balaban J connectivity index is 1.99. The van der Waals surface area contributed by atoms with Gasteiger partial charge in [0.2, 0.25) is 0 Å². The molecular weight excluding hydrogens is 256 g/mol. The molecule has 2 aromatic rings. The monoisotopic (exact) mass is 274 g/mol. The Kier molecular flexibility index (Phi) is 4.14. The molecule has 1 N–H and O–H groups in total. The molecule has 1 heterocycles. The summed E-state index contributed by atoms with van der Waals surface area (Å²) in [6.07, 6.45) is 1.99. The molecule has 0 bridgehead atoms. The molecule has 1 aromatic carbocycles. The van der Waals surface area contributed by atoms with Gasteiger partial charge in [0.1, 0.15) is 0 Å². The average Bonchev–Trinajstić information content (AvgIpc) is 2.74. The second-order valence-corrected chi connectivity index (χ2v) is 4.86.